The van der Waals surface area contributed by atoms with Gasteiger partial charge in [-0.3, -0.25) is 0 Å². The van der Waals surface area contributed by atoms with Crippen LogP contribution in [0.25, 0.3) is 153 Å². The third-order valence-electron chi connectivity index (χ3n) is 15.2. The molecule has 0 saturated heterocycles. The minimum absolute atomic E-state index is 0.901. The highest BCUT2D eigenvalue weighted by Gasteiger charge is 2.22. The van der Waals surface area contributed by atoms with Gasteiger partial charge in [-0.1, -0.05) is 231 Å². The molecule has 0 aliphatic heterocycles. The molecule has 0 bridgehead atoms. The van der Waals surface area contributed by atoms with Gasteiger partial charge in [-0.15, -0.1) is 0 Å². The van der Waals surface area contributed by atoms with Crippen molar-refractivity contribution in [1.29, 1.82) is 0 Å². The molecule has 14 aromatic carbocycles. The second kappa shape index (κ2) is 15.6. The summed E-state index contributed by atoms with van der Waals surface area (Å²) in [5, 5.41) is 19.6. The summed E-state index contributed by atoms with van der Waals surface area (Å²) in [6, 6.07) is 93.9. The quantitative estimate of drug-likeness (QED) is 0.157. The van der Waals surface area contributed by atoms with Crippen molar-refractivity contribution >= 4 is 97.3 Å². The van der Waals surface area contributed by atoms with Crippen molar-refractivity contribution in [2.75, 3.05) is 0 Å². The summed E-state index contributed by atoms with van der Waals surface area (Å²) in [6.45, 7) is 0. The van der Waals surface area contributed by atoms with Crippen LogP contribution in [0.5, 0.6) is 0 Å². The molecule has 0 saturated carbocycles. The molecule has 328 valence electrons. The van der Waals surface area contributed by atoms with Crippen molar-refractivity contribution < 1.29 is 4.42 Å². The number of fused-ring (bicyclic) bond motifs is 10. The first kappa shape index (κ1) is 39.7. The van der Waals surface area contributed by atoms with Crippen molar-refractivity contribution in [2.45, 2.75) is 0 Å². The van der Waals surface area contributed by atoms with Crippen LogP contribution in [-0.4, -0.2) is 0 Å². The maximum absolute atomic E-state index is 6.61. The summed E-state index contributed by atoms with van der Waals surface area (Å²) in [7, 11) is 0. The Labute approximate surface area is 410 Å². The van der Waals surface area contributed by atoms with Crippen LogP contribution in [0, 0.1) is 0 Å². The Morgan fingerprint density at radius 1 is 0.197 bits per heavy atom. The summed E-state index contributed by atoms with van der Waals surface area (Å²) < 4.78 is 6.61. The topological polar surface area (TPSA) is 13.1 Å². The zero-order valence-electron chi connectivity index (χ0n) is 38.7. The van der Waals surface area contributed by atoms with E-state index in [4.69, 9.17) is 4.42 Å². The number of furan rings is 1. The van der Waals surface area contributed by atoms with Gasteiger partial charge in [-0.05, 0) is 155 Å². The van der Waals surface area contributed by atoms with Gasteiger partial charge in [0.15, 0.2) is 0 Å². The molecule has 1 heterocycles. The van der Waals surface area contributed by atoms with Gasteiger partial charge < -0.3 is 4.42 Å². The zero-order valence-corrected chi connectivity index (χ0v) is 38.7. The lowest BCUT2D eigenvalue weighted by Crippen LogP contribution is -1.93. The number of rotatable bonds is 5. The Balaban J connectivity index is 0.882. The molecule has 15 aromatic rings. The second-order valence-corrected chi connectivity index (χ2v) is 19.0. The summed E-state index contributed by atoms with van der Waals surface area (Å²) in [4.78, 5) is 0. The molecule has 0 unspecified atom stereocenters. The van der Waals surface area contributed by atoms with E-state index >= 15 is 0 Å². The molecule has 0 atom stereocenters. The van der Waals surface area contributed by atoms with Crippen molar-refractivity contribution in [3.05, 3.63) is 255 Å². The molecule has 0 fully saturated rings. The molecule has 0 spiro atoms. The van der Waals surface area contributed by atoms with Crippen molar-refractivity contribution in [3.63, 3.8) is 0 Å². The van der Waals surface area contributed by atoms with Crippen LogP contribution in [0.4, 0.5) is 0 Å². The fourth-order valence-corrected chi connectivity index (χ4v) is 12.1. The molecule has 0 amide bonds. The smallest absolute Gasteiger partial charge is 0.136 e. The van der Waals surface area contributed by atoms with Crippen LogP contribution in [0.2, 0.25) is 0 Å². The van der Waals surface area contributed by atoms with Crippen molar-refractivity contribution in [2.24, 2.45) is 0 Å². The van der Waals surface area contributed by atoms with E-state index in [0.29, 0.717) is 0 Å². The molecular formula is C70H42O. The number of hydrogen-bond acceptors (Lipinski definition) is 1. The van der Waals surface area contributed by atoms with E-state index in [2.05, 4.69) is 255 Å². The van der Waals surface area contributed by atoms with E-state index in [1.807, 2.05) is 0 Å². The van der Waals surface area contributed by atoms with Crippen LogP contribution in [0.3, 0.4) is 0 Å². The van der Waals surface area contributed by atoms with E-state index in [0.717, 1.165) is 21.9 Å². The first-order chi connectivity index (χ1) is 35.2. The van der Waals surface area contributed by atoms with Gasteiger partial charge in [0.05, 0.1) is 0 Å². The summed E-state index contributed by atoms with van der Waals surface area (Å²) in [5.74, 6) is 0. The Kier molecular flexibility index (Phi) is 8.73. The minimum atomic E-state index is 0.901. The molecule has 0 radical (unpaired) electrons. The van der Waals surface area contributed by atoms with Gasteiger partial charge in [0, 0.05) is 10.8 Å². The number of hydrogen-bond donors (Lipinski definition) is 0. The molecule has 1 heteroatoms. The largest absolute Gasteiger partial charge is 0.456 e. The van der Waals surface area contributed by atoms with Crippen LogP contribution in [0.15, 0.2) is 259 Å². The van der Waals surface area contributed by atoms with Crippen LogP contribution < -0.4 is 0 Å². The summed E-state index contributed by atoms with van der Waals surface area (Å²) in [6.07, 6.45) is 0. The van der Waals surface area contributed by atoms with Crippen LogP contribution in [-0.2, 0) is 0 Å². The highest BCUT2D eigenvalue weighted by molar-refractivity contribution is 6.27. The van der Waals surface area contributed by atoms with Gasteiger partial charge in [-0.25, -0.2) is 0 Å². The minimum Gasteiger partial charge on any atom is -0.456 e. The fraction of sp³-hybridized carbons (Fsp3) is 0. The predicted molar refractivity (Wildman–Crippen MR) is 303 cm³/mol. The van der Waals surface area contributed by atoms with E-state index in [-0.39, 0.29) is 0 Å². The maximum Gasteiger partial charge on any atom is 0.136 e. The number of benzene rings is 14. The molecule has 71 heavy (non-hydrogen) atoms. The molecule has 0 aliphatic rings. The lowest BCUT2D eigenvalue weighted by molar-refractivity contribution is 0.669. The SMILES string of the molecule is c1ccc2cc(-c3c4ccccc4c(-c4ccc(-c5ccc(-c6c7ccccc7c(-c7cccc8oc9cc%10ccccc%10cc9c78)c7ccccc67)cc5)c5ccccc45)c4ccccc34)ccc2c1. The van der Waals surface area contributed by atoms with E-state index in [1.54, 1.807) is 0 Å². The Morgan fingerprint density at radius 2 is 0.606 bits per heavy atom. The van der Waals surface area contributed by atoms with Crippen LogP contribution >= 0.6 is 0 Å². The lowest BCUT2D eigenvalue weighted by Gasteiger charge is -2.20. The fourth-order valence-electron chi connectivity index (χ4n) is 12.1. The monoisotopic (exact) mass is 898 g/mol. The van der Waals surface area contributed by atoms with Gasteiger partial charge in [-0.2, -0.15) is 0 Å². The molecular weight excluding hydrogens is 857 g/mol. The first-order valence-electron chi connectivity index (χ1n) is 24.6. The third kappa shape index (κ3) is 6.07. The average molecular weight is 899 g/mol. The molecule has 0 aliphatic carbocycles. The molecule has 15 rings (SSSR count). The highest BCUT2D eigenvalue weighted by atomic mass is 16.3. The second-order valence-electron chi connectivity index (χ2n) is 19.0. The van der Waals surface area contributed by atoms with Crippen LogP contribution in [0.1, 0.15) is 0 Å². The van der Waals surface area contributed by atoms with Gasteiger partial charge >= 0.3 is 0 Å². The predicted octanol–water partition coefficient (Wildman–Crippen LogP) is 20.0. The summed E-state index contributed by atoms with van der Waals surface area (Å²) >= 11 is 0. The zero-order chi connectivity index (χ0) is 46.6. The first-order valence-corrected chi connectivity index (χ1v) is 24.6. The van der Waals surface area contributed by atoms with Crippen molar-refractivity contribution in [1.82, 2.24) is 0 Å². The molecule has 0 N–H and O–H groups in total. The summed E-state index contributed by atoms with van der Waals surface area (Å²) in [5.41, 5.74) is 14.1. The Bertz CT molecular complexity index is 4570. The van der Waals surface area contributed by atoms with Crippen molar-refractivity contribution in [3.8, 4) is 55.6 Å². The van der Waals surface area contributed by atoms with E-state index in [9.17, 15) is 0 Å². The van der Waals surface area contributed by atoms with Gasteiger partial charge in [0.1, 0.15) is 11.2 Å². The van der Waals surface area contributed by atoms with Gasteiger partial charge in [0.2, 0.25) is 0 Å². The third-order valence-corrected chi connectivity index (χ3v) is 15.2. The van der Waals surface area contributed by atoms with Gasteiger partial charge in [0.25, 0.3) is 0 Å². The normalized spacial score (nSPS) is 11.9. The van der Waals surface area contributed by atoms with E-state index in [1.165, 1.54) is 131 Å². The Hall–Kier alpha value is -9.30. The molecule has 1 nitrogen and oxygen atoms in total. The standard InChI is InChI=1S/C70H42O/c1-2-17-46-40-49(37-32-43(46)16-1)67-55-24-9-11-26-57(55)68(58-27-12-10-25-56(58)67)61-39-38-50(51-20-5-6-21-52(51)61)44-33-35-45(36-34-44)66-53-22-7-13-28-59(53)69(60-29-14-8-23-54(60)66)62-30-15-31-64-70(62)63-41-47-18-3-4-19-48(47)42-65(63)71-64/h1-42H. The Morgan fingerprint density at radius 3 is 1.18 bits per heavy atom. The molecule has 1 aromatic heterocycles. The lowest BCUT2D eigenvalue weighted by atomic mass is 9.83. The van der Waals surface area contributed by atoms with E-state index < -0.39 is 0 Å². The average Bonchev–Trinajstić information content (AvgIpc) is 3.80. The highest BCUT2D eigenvalue weighted by Crippen LogP contribution is 2.49. The maximum atomic E-state index is 6.61.